The Bertz CT molecular complexity index is 1020. The topological polar surface area (TPSA) is 69.7 Å². The number of hydrogen-bond acceptors (Lipinski definition) is 4. The summed E-state index contributed by atoms with van der Waals surface area (Å²) < 4.78 is 41.0. The standard InChI is InChI=1S/C21H26FN3O3S/c1-15-9-10-17(13-16(15)2)29(27,28)24(3)14-20(26)23-21-18(22)7-6-8-19(21)25-11-4-5-12-25/h6-10,13H,4-5,11-12,14H2,1-3H3,(H,23,26). The fraction of sp³-hybridized carbons (Fsp3) is 0.381. The molecule has 6 nitrogen and oxygen atoms in total. The van der Waals surface area contributed by atoms with Crippen molar-refractivity contribution in [1.82, 2.24) is 4.31 Å². The molecule has 0 atom stereocenters. The van der Waals surface area contributed by atoms with Crippen molar-refractivity contribution in [3.63, 3.8) is 0 Å². The zero-order chi connectivity index (χ0) is 21.2. The smallest absolute Gasteiger partial charge is 0.243 e. The van der Waals surface area contributed by atoms with Crippen LogP contribution in [0.2, 0.25) is 0 Å². The summed E-state index contributed by atoms with van der Waals surface area (Å²) in [6.45, 7) is 4.91. The lowest BCUT2D eigenvalue weighted by molar-refractivity contribution is -0.116. The number of carbonyl (C=O) groups is 1. The molecule has 1 aliphatic rings. The number of anilines is 2. The average molecular weight is 420 g/mol. The molecule has 29 heavy (non-hydrogen) atoms. The maximum Gasteiger partial charge on any atom is 0.243 e. The van der Waals surface area contributed by atoms with E-state index in [2.05, 4.69) is 5.32 Å². The van der Waals surface area contributed by atoms with E-state index in [0.29, 0.717) is 5.69 Å². The summed E-state index contributed by atoms with van der Waals surface area (Å²) >= 11 is 0. The van der Waals surface area contributed by atoms with Crippen LogP contribution in [0, 0.1) is 19.7 Å². The predicted molar refractivity (Wildman–Crippen MR) is 112 cm³/mol. The molecule has 0 radical (unpaired) electrons. The first-order valence-electron chi connectivity index (χ1n) is 9.57. The Morgan fingerprint density at radius 1 is 1.14 bits per heavy atom. The highest BCUT2D eigenvalue weighted by molar-refractivity contribution is 7.89. The second-order valence-electron chi connectivity index (χ2n) is 7.38. The Balaban J connectivity index is 1.76. The van der Waals surface area contributed by atoms with Crippen molar-refractivity contribution in [3.05, 3.63) is 53.3 Å². The summed E-state index contributed by atoms with van der Waals surface area (Å²) in [6.07, 6.45) is 2.03. The van der Waals surface area contributed by atoms with E-state index in [1.165, 1.54) is 19.2 Å². The van der Waals surface area contributed by atoms with Crippen molar-refractivity contribution in [3.8, 4) is 0 Å². The molecule has 0 spiro atoms. The molecule has 0 aliphatic carbocycles. The van der Waals surface area contributed by atoms with E-state index >= 15 is 0 Å². The maximum atomic E-state index is 14.4. The van der Waals surface area contributed by atoms with E-state index in [0.717, 1.165) is 41.4 Å². The molecule has 0 unspecified atom stereocenters. The highest BCUT2D eigenvalue weighted by Gasteiger charge is 2.25. The van der Waals surface area contributed by atoms with Gasteiger partial charge in [-0.15, -0.1) is 0 Å². The average Bonchev–Trinajstić information content (AvgIpc) is 3.20. The Morgan fingerprint density at radius 3 is 2.48 bits per heavy atom. The minimum atomic E-state index is -3.83. The Kier molecular flexibility index (Phi) is 6.24. The van der Waals surface area contributed by atoms with Crippen molar-refractivity contribution in [1.29, 1.82) is 0 Å². The predicted octanol–water partition coefficient (Wildman–Crippen LogP) is 3.30. The first kappa shape index (κ1) is 21.3. The second-order valence-corrected chi connectivity index (χ2v) is 9.43. The lowest BCUT2D eigenvalue weighted by atomic mass is 10.1. The number of halogens is 1. The zero-order valence-corrected chi connectivity index (χ0v) is 17.7. The zero-order valence-electron chi connectivity index (χ0n) is 16.9. The molecule has 156 valence electrons. The van der Waals surface area contributed by atoms with Crippen molar-refractivity contribution in [2.24, 2.45) is 0 Å². The molecule has 8 heteroatoms. The van der Waals surface area contributed by atoms with Gasteiger partial charge in [0, 0.05) is 20.1 Å². The van der Waals surface area contributed by atoms with E-state index in [9.17, 15) is 17.6 Å². The number of para-hydroxylation sites is 1. The monoisotopic (exact) mass is 419 g/mol. The minimum absolute atomic E-state index is 0.0939. The molecule has 1 amide bonds. The van der Waals surface area contributed by atoms with Crippen LogP contribution in [0.1, 0.15) is 24.0 Å². The third-order valence-corrected chi connectivity index (χ3v) is 7.05. The SMILES string of the molecule is Cc1ccc(S(=O)(=O)N(C)CC(=O)Nc2c(F)cccc2N2CCCC2)cc1C. The number of rotatable bonds is 6. The molecule has 1 aliphatic heterocycles. The van der Waals surface area contributed by atoms with Crippen LogP contribution < -0.4 is 10.2 Å². The third kappa shape index (κ3) is 4.59. The number of benzene rings is 2. The van der Waals surface area contributed by atoms with Crippen LogP contribution >= 0.6 is 0 Å². The maximum absolute atomic E-state index is 14.4. The van der Waals surface area contributed by atoms with E-state index in [-0.39, 0.29) is 10.6 Å². The number of aryl methyl sites for hydroxylation is 2. The van der Waals surface area contributed by atoms with Crippen molar-refractivity contribution >= 4 is 27.3 Å². The summed E-state index contributed by atoms with van der Waals surface area (Å²) in [6, 6.07) is 9.49. The van der Waals surface area contributed by atoms with Crippen LogP contribution in [-0.2, 0) is 14.8 Å². The van der Waals surface area contributed by atoms with E-state index in [4.69, 9.17) is 0 Å². The fourth-order valence-corrected chi connectivity index (χ4v) is 4.59. The second kappa shape index (κ2) is 8.51. The number of hydrogen-bond donors (Lipinski definition) is 1. The highest BCUT2D eigenvalue weighted by Crippen LogP contribution is 2.31. The van der Waals surface area contributed by atoms with Crippen molar-refractivity contribution < 1.29 is 17.6 Å². The molecule has 1 N–H and O–H groups in total. The van der Waals surface area contributed by atoms with Crippen LogP contribution in [0.5, 0.6) is 0 Å². The van der Waals surface area contributed by atoms with E-state index in [1.807, 2.05) is 18.7 Å². The molecule has 1 heterocycles. The number of nitrogens with zero attached hydrogens (tertiary/aromatic N) is 2. The van der Waals surface area contributed by atoms with Crippen LogP contribution in [0.25, 0.3) is 0 Å². The third-order valence-electron chi connectivity index (χ3n) is 5.26. The molecule has 2 aromatic carbocycles. The summed E-state index contributed by atoms with van der Waals surface area (Å²) in [4.78, 5) is 14.7. The van der Waals surface area contributed by atoms with Gasteiger partial charge in [-0.3, -0.25) is 4.79 Å². The van der Waals surface area contributed by atoms with Gasteiger partial charge < -0.3 is 10.2 Å². The van der Waals surface area contributed by atoms with Crippen molar-refractivity contribution in [2.75, 3.05) is 36.9 Å². The normalized spacial score (nSPS) is 14.4. The van der Waals surface area contributed by atoms with Gasteiger partial charge in [0.05, 0.1) is 17.1 Å². The van der Waals surface area contributed by atoms with Crippen LogP contribution in [0.4, 0.5) is 15.8 Å². The van der Waals surface area contributed by atoms with Gasteiger partial charge in [0.2, 0.25) is 15.9 Å². The lowest BCUT2D eigenvalue weighted by Crippen LogP contribution is -2.35. The lowest BCUT2D eigenvalue weighted by Gasteiger charge is -2.23. The molecular weight excluding hydrogens is 393 g/mol. The number of likely N-dealkylation sites (N-methyl/N-ethyl adjacent to an activating group) is 1. The number of carbonyl (C=O) groups excluding carboxylic acids is 1. The van der Waals surface area contributed by atoms with Gasteiger partial charge >= 0.3 is 0 Å². The summed E-state index contributed by atoms with van der Waals surface area (Å²) in [5.41, 5.74) is 2.55. The fourth-order valence-electron chi connectivity index (χ4n) is 3.38. The van der Waals surface area contributed by atoms with Crippen LogP contribution in [0.15, 0.2) is 41.3 Å². The van der Waals surface area contributed by atoms with Crippen LogP contribution in [-0.4, -0.2) is 45.3 Å². The Morgan fingerprint density at radius 2 is 1.83 bits per heavy atom. The number of sulfonamides is 1. The number of amides is 1. The molecular formula is C21H26FN3O3S. The molecule has 0 aromatic heterocycles. The first-order chi connectivity index (χ1) is 13.7. The van der Waals surface area contributed by atoms with Gasteiger partial charge in [-0.2, -0.15) is 4.31 Å². The first-order valence-corrected chi connectivity index (χ1v) is 11.0. The number of nitrogens with one attached hydrogen (secondary N) is 1. The van der Waals surface area contributed by atoms with Gasteiger partial charge in [0.1, 0.15) is 11.5 Å². The highest BCUT2D eigenvalue weighted by atomic mass is 32.2. The molecule has 2 aromatic rings. The van der Waals surface area contributed by atoms with Gasteiger partial charge in [-0.25, -0.2) is 12.8 Å². The largest absolute Gasteiger partial charge is 0.370 e. The molecule has 1 fully saturated rings. The van der Waals surface area contributed by atoms with Gasteiger partial charge in [-0.1, -0.05) is 12.1 Å². The van der Waals surface area contributed by atoms with Gasteiger partial charge in [-0.05, 0) is 62.1 Å². The summed E-state index contributed by atoms with van der Waals surface area (Å²) in [5.74, 6) is -1.13. The summed E-state index contributed by atoms with van der Waals surface area (Å²) in [5, 5.41) is 2.57. The minimum Gasteiger partial charge on any atom is -0.370 e. The molecule has 1 saturated heterocycles. The quantitative estimate of drug-likeness (QED) is 0.780. The van der Waals surface area contributed by atoms with E-state index in [1.54, 1.807) is 24.3 Å². The summed E-state index contributed by atoms with van der Waals surface area (Å²) in [7, 11) is -2.49. The van der Waals surface area contributed by atoms with Crippen molar-refractivity contribution in [2.45, 2.75) is 31.6 Å². The molecule has 3 rings (SSSR count). The van der Waals surface area contributed by atoms with E-state index < -0.39 is 28.3 Å². The molecule has 0 saturated carbocycles. The van der Waals surface area contributed by atoms with Gasteiger partial charge in [0.25, 0.3) is 0 Å². The van der Waals surface area contributed by atoms with Crippen LogP contribution in [0.3, 0.4) is 0 Å². The molecule has 0 bridgehead atoms. The Hall–Kier alpha value is -2.45. The Labute approximate surface area is 171 Å². The van der Waals surface area contributed by atoms with Gasteiger partial charge in [0.15, 0.2) is 0 Å².